The molecule has 0 aromatic heterocycles. The fourth-order valence-corrected chi connectivity index (χ4v) is 2.86. The second-order valence-corrected chi connectivity index (χ2v) is 6.80. The molecule has 0 aliphatic carbocycles. The molecule has 2 aliphatic rings. The summed E-state index contributed by atoms with van der Waals surface area (Å²) >= 11 is 11.5. The van der Waals surface area contributed by atoms with Gasteiger partial charge in [-0.15, -0.1) is 0 Å². The number of rotatable bonds is 5. The molecule has 0 spiro atoms. The monoisotopic (exact) mass is 406 g/mol. The van der Waals surface area contributed by atoms with E-state index in [4.69, 9.17) is 42.5 Å². The van der Waals surface area contributed by atoms with Crippen molar-refractivity contribution >= 4 is 23.2 Å². The number of aliphatic hydroxyl groups excluding tert-OH is 1. The number of halogens is 2. The van der Waals surface area contributed by atoms with Crippen molar-refractivity contribution in [3.63, 3.8) is 0 Å². The number of methoxy groups -OCH3 is 1. The summed E-state index contributed by atoms with van der Waals surface area (Å²) in [5.41, 5.74) is 2.25. The summed E-state index contributed by atoms with van der Waals surface area (Å²) in [6.07, 6.45) is 0.502. The first kappa shape index (κ1) is 22.2. The molecule has 4 rings (SSSR count). The largest absolute Gasteiger partial charge is 1.00 e. The van der Waals surface area contributed by atoms with Gasteiger partial charge in [-0.05, 0) is 35.4 Å². The Morgan fingerprint density at radius 3 is 1.69 bits per heavy atom. The predicted octanol–water partition coefficient (Wildman–Crippen LogP) is 1.31. The van der Waals surface area contributed by atoms with Crippen LogP contribution in [0.15, 0.2) is 48.5 Å². The van der Waals surface area contributed by atoms with E-state index in [1.54, 1.807) is 7.11 Å². The smallest absolute Gasteiger partial charge is 1.00 e. The Kier molecular flexibility index (Phi) is 8.88. The SMILES string of the molecule is COCC1OC1c1ccc(Cl)cc1.OCC1OC1c1ccc(Cl)cc1.[H-].[Na+]. The molecule has 4 nitrogen and oxygen atoms in total. The minimum Gasteiger partial charge on any atom is -1.00 e. The molecule has 2 fully saturated rings. The molecular weight excluding hydrogens is 386 g/mol. The van der Waals surface area contributed by atoms with Gasteiger partial charge in [-0.25, -0.2) is 0 Å². The molecule has 2 aromatic rings. The van der Waals surface area contributed by atoms with Gasteiger partial charge in [0.1, 0.15) is 24.4 Å². The Morgan fingerprint density at radius 1 is 0.885 bits per heavy atom. The third-order valence-corrected chi connectivity index (χ3v) is 4.58. The van der Waals surface area contributed by atoms with Crippen LogP contribution < -0.4 is 29.6 Å². The van der Waals surface area contributed by atoms with Gasteiger partial charge in [-0.3, -0.25) is 0 Å². The molecule has 2 saturated heterocycles. The van der Waals surface area contributed by atoms with Crippen molar-refractivity contribution in [3.8, 4) is 0 Å². The van der Waals surface area contributed by atoms with Crippen molar-refractivity contribution in [1.82, 2.24) is 0 Å². The first-order valence-corrected chi connectivity index (χ1v) is 8.79. The predicted molar refractivity (Wildman–Crippen MR) is 98.2 cm³/mol. The van der Waals surface area contributed by atoms with E-state index in [2.05, 4.69) is 0 Å². The van der Waals surface area contributed by atoms with Gasteiger partial charge in [-0.2, -0.15) is 0 Å². The molecule has 136 valence electrons. The Labute approximate surface area is 187 Å². The van der Waals surface area contributed by atoms with Crippen LogP contribution >= 0.6 is 23.2 Å². The number of hydrogen-bond acceptors (Lipinski definition) is 4. The molecule has 0 saturated carbocycles. The number of benzene rings is 2. The average molecular weight is 407 g/mol. The number of aliphatic hydroxyl groups is 1. The van der Waals surface area contributed by atoms with Gasteiger partial charge in [0.05, 0.1) is 13.2 Å². The maximum Gasteiger partial charge on any atom is 1.00 e. The summed E-state index contributed by atoms with van der Waals surface area (Å²) in [5.74, 6) is 0. The molecule has 4 atom stereocenters. The van der Waals surface area contributed by atoms with Crippen LogP contribution in [0.1, 0.15) is 24.8 Å². The van der Waals surface area contributed by atoms with Gasteiger partial charge in [-0.1, -0.05) is 47.5 Å². The van der Waals surface area contributed by atoms with Crippen molar-refractivity contribution in [2.24, 2.45) is 0 Å². The summed E-state index contributed by atoms with van der Waals surface area (Å²) in [6, 6.07) is 15.2. The number of ether oxygens (including phenoxy) is 3. The molecule has 0 bridgehead atoms. The van der Waals surface area contributed by atoms with Crippen molar-refractivity contribution in [2.75, 3.05) is 20.3 Å². The van der Waals surface area contributed by atoms with E-state index in [1.165, 1.54) is 5.56 Å². The standard InChI is InChI=1S/C10H11ClO2.C9H9ClO2.Na.H/c1-12-6-9-10(13-9)7-2-4-8(11)5-3-7;10-7-3-1-6(2-4-7)9-8(5-11)12-9;;/h2-5,9-10H,6H2,1H3;1-4,8-9,11H,5H2;;/q;;+1;-1. The normalized spacial score (nSPS) is 25.5. The van der Waals surface area contributed by atoms with Crippen LogP contribution in [0.3, 0.4) is 0 Å². The first-order chi connectivity index (χ1) is 12.1. The minimum absolute atomic E-state index is 0. The Hall–Kier alpha value is -0.140. The zero-order valence-corrected chi connectivity index (χ0v) is 18.3. The molecule has 0 radical (unpaired) electrons. The van der Waals surface area contributed by atoms with Crippen LogP contribution in [0.25, 0.3) is 0 Å². The third kappa shape index (κ3) is 6.20. The van der Waals surface area contributed by atoms with Gasteiger partial charge < -0.3 is 20.7 Å². The van der Waals surface area contributed by atoms with E-state index in [0.29, 0.717) is 6.61 Å². The van der Waals surface area contributed by atoms with Crippen molar-refractivity contribution in [3.05, 3.63) is 69.7 Å². The van der Waals surface area contributed by atoms with E-state index < -0.39 is 0 Å². The first-order valence-electron chi connectivity index (χ1n) is 8.04. The molecular formula is C19H21Cl2NaO4. The van der Waals surface area contributed by atoms with Crippen molar-refractivity contribution in [1.29, 1.82) is 0 Å². The summed E-state index contributed by atoms with van der Waals surface area (Å²) in [4.78, 5) is 0. The van der Waals surface area contributed by atoms with Crippen molar-refractivity contribution < 1.29 is 50.3 Å². The fourth-order valence-electron chi connectivity index (χ4n) is 2.61. The molecule has 0 amide bonds. The van der Waals surface area contributed by atoms with Crippen LogP contribution in [0.2, 0.25) is 10.0 Å². The molecule has 26 heavy (non-hydrogen) atoms. The Balaban J connectivity index is 0.000000252. The second kappa shape index (κ2) is 10.4. The molecule has 4 unspecified atom stereocenters. The van der Waals surface area contributed by atoms with Crippen LogP contribution in [0, 0.1) is 0 Å². The van der Waals surface area contributed by atoms with E-state index >= 15 is 0 Å². The quantitative estimate of drug-likeness (QED) is 0.600. The van der Waals surface area contributed by atoms with E-state index in [0.717, 1.165) is 15.6 Å². The third-order valence-electron chi connectivity index (χ3n) is 4.07. The van der Waals surface area contributed by atoms with Gasteiger partial charge in [0.15, 0.2) is 0 Å². The number of epoxide rings is 2. The second-order valence-electron chi connectivity index (χ2n) is 5.93. The average Bonchev–Trinajstić information content (AvgIpc) is 3.52. The minimum atomic E-state index is -0.00817. The summed E-state index contributed by atoms with van der Waals surface area (Å²) < 4.78 is 15.6. The van der Waals surface area contributed by atoms with Crippen LogP contribution in [-0.2, 0) is 14.2 Å². The van der Waals surface area contributed by atoms with E-state index in [1.807, 2.05) is 48.5 Å². The van der Waals surface area contributed by atoms with E-state index in [9.17, 15) is 0 Å². The van der Waals surface area contributed by atoms with Crippen molar-refractivity contribution in [2.45, 2.75) is 24.4 Å². The van der Waals surface area contributed by atoms with Gasteiger partial charge in [0.25, 0.3) is 0 Å². The zero-order chi connectivity index (χ0) is 17.8. The van der Waals surface area contributed by atoms with Gasteiger partial charge >= 0.3 is 29.6 Å². The Morgan fingerprint density at radius 2 is 1.31 bits per heavy atom. The van der Waals surface area contributed by atoms with Crippen LogP contribution in [-0.4, -0.2) is 37.6 Å². The topological polar surface area (TPSA) is 54.5 Å². The zero-order valence-electron chi connectivity index (χ0n) is 15.8. The van der Waals surface area contributed by atoms with Gasteiger partial charge in [0, 0.05) is 17.2 Å². The fraction of sp³-hybridized carbons (Fsp3) is 0.368. The van der Waals surface area contributed by atoms with Crippen LogP contribution in [0.4, 0.5) is 0 Å². The maximum atomic E-state index is 8.74. The van der Waals surface area contributed by atoms with Crippen LogP contribution in [0.5, 0.6) is 0 Å². The molecule has 1 N–H and O–H groups in total. The number of hydrogen-bond donors (Lipinski definition) is 1. The molecule has 2 aliphatic heterocycles. The van der Waals surface area contributed by atoms with E-state index in [-0.39, 0.29) is 62.0 Å². The van der Waals surface area contributed by atoms with Gasteiger partial charge in [0.2, 0.25) is 0 Å². The summed E-state index contributed by atoms with van der Waals surface area (Å²) in [5, 5.41) is 10.2. The molecule has 2 heterocycles. The summed E-state index contributed by atoms with van der Waals surface area (Å²) in [7, 11) is 1.68. The summed E-state index contributed by atoms with van der Waals surface area (Å²) in [6.45, 7) is 0.751. The maximum absolute atomic E-state index is 8.74. The molecule has 2 aromatic carbocycles. The Bertz CT molecular complexity index is 687. The molecule has 7 heteroatoms.